The Hall–Kier alpha value is -2.95. The SMILES string of the molecule is O=C1C(=O)N(c2nnc(SCc3ccc(Cl)cc3Cl)s2)C(c2ccncc2)/C1=C(/O)c1ccc(Cl)cc1. The molecule has 4 aromatic rings. The maximum Gasteiger partial charge on any atom is 0.301 e. The summed E-state index contributed by atoms with van der Waals surface area (Å²) >= 11 is 20.8. The van der Waals surface area contributed by atoms with Crippen molar-refractivity contribution in [3.05, 3.63) is 104 Å². The minimum absolute atomic E-state index is 0.0594. The van der Waals surface area contributed by atoms with Gasteiger partial charge in [-0.1, -0.05) is 64.0 Å². The molecule has 1 aliphatic heterocycles. The van der Waals surface area contributed by atoms with Gasteiger partial charge in [0.05, 0.1) is 11.6 Å². The zero-order valence-electron chi connectivity index (χ0n) is 18.6. The highest BCUT2D eigenvalue weighted by atomic mass is 35.5. The zero-order valence-corrected chi connectivity index (χ0v) is 22.5. The lowest BCUT2D eigenvalue weighted by Crippen LogP contribution is -2.29. The van der Waals surface area contributed by atoms with Crippen LogP contribution in [-0.2, 0) is 15.3 Å². The molecule has 0 spiro atoms. The number of carbonyl (C=O) groups is 2. The molecule has 5 rings (SSSR count). The van der Waals surface area contributed by atoms with Crippen LogP contribution in [0.3, 0.4) is 0 Å². The summed E-state index contributed by atoms with van der Waals surface area (Å²) in [5.41, 5.74) is 1.75. The highest BCUT2D eigenvalue weighted by Crippen LogP contribution is 2.44. The number of hydrogen-bond donors (Lipinski definition) is 1. The van der Waals surface area contributed by atoms with Gasteiger partial charge in [-0.3, -0.25) is 19.5 Å². The van der Waals surface area contributed by atoms with Gasteiger partial charge in [0.15, 0.2) is 4.34 Å². The van der Waals surface area contributed by atoms with Gasteiger partial charge in [0.2, 0.25) is 5.13 Å². The van der Waals surface area contributed by atoms with Gasteiger partial charge >= 0.3 is 5.91 Å². The number of halogens is 3. The van der Waals surface area contributed by atoms with E-state index >= 15 is 0 Å². The minimum Gasteiger partial charge on any atom is -0.507 e. The van der Waals surface area contributed by atoms with Crippen molar-refractivity contribution in [1.82, 2.24) is 15.2 Å². The number of pyridine rings is 1. The molecule has 1 aliphatic rings. The van der Waals surface area contributed by atoms with Gasteiger partial charge in [-0.2, -0.15) is 0 Å². The van der Waals surface area contributed by atoms with Gasteiger partial charge in [-0.05, 0) is 59.7 Å². The molecular weight excluding hydrogens is 575 g/mol. The molecule has 186 valence electrons. The van der Waals surface area contributed by atoms with Crippen LogP contribution in [0.1, 0.15) is 22.7 Å². The number of ketones is 1. The molecule has 3 heterocycles. The molecule has 0 saturated carbocycles. The standard InChI is InChI=1S/C25H15Cl3N4O3S2/c26-16-4-1-14(2-5-16)21(33)19-20(13-7-9-29-10-8-13)32(23(35)22(19)34)24-30-31-25(37-24)36-12-15-3-6-17(27)11-18(15)28/h1-11,20,33H,12H2/b21-19-. The van der Waals surface area contributed by atoms with Crippen LogP contribution in [0.4, 0.5) is 5.13 Å². The van der Waals surface area contributed by atoms with Gasteiger partial charge in [0.1, 0.15) is 5.76 Å². The van der Waals surface area contributed by atoms with Crippen molar-refractivity contribution in [2.75, 3.05) is 4.90 Å². The first-order chi connectivity index (χ1) is 17.8. The summed E-state index contributed by atoms with van der Waals surface area (Å²) in [6.45, 7) is 0. The summed E-state index contributed by atoms with van der Waals surface area (Å²) in [5, 5.41) is 21.3. The van der Waals surface area contributed by atoms with Crippen molar-refractivity contribution < 1.29 is 14.7 Å². The Kier molecular flexibility index (Phi) is 7.50. The Morgan fingerprint density at radius 1 is 0.973 bits per heavy atom. The second-order valence-electron chi connectivity index (χ2n) is 7.83. The third kappa shape index (κ3) is 5.23. The monoisotopic (exact) mass is 588 g/mol. The molecule has 1 N–H and O–H groups in total. The normalized spacial score (nSPS) is 16.9. The van der Waals surface area contributed by atoms with Crippen LogP contribution in [-0.4, -0.2) is 32.0 Å². The van der Waals surface area contributed by atoms with E-state index in [4.69, 9.17) is 34.8 Å². The third-order valence-electron chi connectivity index (χ3n) is 5.55. The van der Waals surface area contributed by atoms with E-state index in [1.54, 1.807) is 60.9 Å². The molecule has 1 saturated heterocycles. The molecule has 0 bridgehead atoms. The van der Waals surface area contributed by atoms with Gasteiger partial charge in [-0.15, -0.1) is 10.2 Å². The van der Waals surface area contributed by atoms with Gasteiger partial charge in [0, 0.05) is 38.8 Å². The van der Waals surface area contributed by atoms with E-state index in [2.05, 4.69) is 15.2 Å². The Morgan fingerprint density at radius 2 is 1.68 bits per heavy atom. The number of aliphatic hydroxyl groups is 1. The third-order valence-corrected chi connectivity index (χ3v) is 8.50. The largest absolute Gasteiger partial charge is 0.507 e. The van der Waals surface area contributed by atoms with E-state index in [0.29, 0.717) is 36.3 Å². The lowest BCUT2D eigenvalue weighted by atomic mass is 9.96. The summed E-state index contributed by atoms with van der Waals surface area (Å²) in [6.07, 6.45) is 3.10. The molecule has 37 heavy (non-hydrogen) atoms. The van der Waals surface area contributed by atoms with E-state index in [9.17, 15) is 14.7 Å². The number of aromatic nitrogens is 3. The number of hydrogen-bond acceptors (Lipinski definition) is 8. The van der Waals surface area contributed by atoms with E-state index in [-0.39, 0.29) is 16.5 Å². The van der Waals surface area contributed by atoms with Crippen molar-refractivity contribution in [1.29, 1.82) is 0 Å². The fraction of sp³-hybridized carbons (Fsp3) is 0.0800. The van der Waals surface area contributed by atoms with Gasteiger partial charge in [0.25, 0.3) is 5.78 Å². The number of Topliss-reactive ketones (excluding diaryl/α,β-unsaturated/α-hetero) is 1. The van der Waals surface area contributed by atoms with Crippen molar-refractivity contribution in [2.24, 2.45) is 0 Å². The maximum atomic E-state index is 13.3. The van der Waals surface area contributed by atoms with Crippen molar-refractivity contribution in [2.45, 2.75) is 16.1 Å². The van der Waals surface area contributed by atoms with Gasteiger partial charge in [-0.25, -0.2) is 0 Å². The predicted octanol–water partition coefficient (Wildman–Crippen LogP) is 6.81. The number of anilines is 1. The first-order valence-corrected chi connectivity index (χ1v) is 13.6. The molecule has 1 fully saturated rings. The van der Waals surface area contributed by atoms with Crippen LogP contribution in [0.15, 0.2) is 76.9 Å². The van der Waals surface area contributed by atoms with Crippen molar-refractivity contribution >= 4 is 80.5 Å². The number of benzene rings is 2. The topological polar surface area (TPSA) is 96.3 Å². The smallest absolute Gasteiger partial charge is 0.301 e. The summed E-state index contributed by atoms with van der Waals surface area (Å²) in [5.74, 6) is -1.44. The van der Waals surface area contributed by atoms with Crippen LogP contribution in [0, 0.1) is 0 Å². The molecule has 7 nitrogen and oxygen atoms in total. The van der Waals surface area contributed by atoms with Crippen molar-refractivity contribution in [3.63, 3.8) is 0 Å². The number of carbonyl (C=O) groups excluding carboxylic acids is 2. The Labute approximate surface area is 234 Å². The molecular formula is C25H15Cl3N4O3S2. The second-order valence-corrected chi connectivity index (χ2v) is 11.3. The fourth-order valence-corrected chi connectivity index (χ4v) is 6.34. The van der Waals surface area contributed by atoms with Crippen LogP contribution in [0.25, 0.3) is 5.76 Å². The molecule has 1 atom stereocenters. The molecule has 1 unspecified atom stereocenters. The van der Waals surface area contributed by atoms with Crippen LogP contribution in [0.5, 0.6) is 0 Å². The number of thioether (sulfide) groups is 1. The Balaban J connectivity index is 1.51. The predicted molar refractivity (Wildman–Crippen MR) is 146 cm³/mol. The van der Waals surface area contributed by atoms with Crippen molar-refractivity contribution in [3.8, 4) is 0 Å². The van der Waals surface area contributed by atoms with E-state index in [1.807, 2.05) is 6.07 Å². The molecule has 12 heteroatoms. The van der Waals surface area contributed by atoms with Crippen LogP contribution in [0.2, 0.25) is 15.1 Å². The average molecular weight is 590 g/mol. The Bertz CT molecular complexity index is 1530. The fourth-order valence-electron chi connectivity index (χ4n) is 3.79. The van der Waals surface area contributed by atoms with E-state index in [1.165, 1.54) is 16.7 Å². The summed E-state index contributed by atoms with van der Waals surface area (Å²) in [7, 11) is 0. The number of nitrogens with zero attached hydrogens (tertiary/aromatic N) is 4. The molecule has 0 aliphatic carbocycles. The number of amides is 1. The molecule has 0 radical (unpaired) electrons. The first-order valence-electron chi connectivity index (χ1n) is 10.7. The molecule has 1 amide bonds. The minimum atomic E-state index is -0.921. The van der Waals surface area contributed by atoms with E-state index in [0.717, 1.165) is 16.9 Å². The highest BCUT2D eigenvalue weighted by Gasteiger charge is 2.48. The van der Waals surface area contributed by atoms with Gasteiger partial charge < -0.3 is 5.11 Å². The van der Waals surface area contributed by atoms with Crippen LogP contribution < -0.4 is 4.90 Å². The first kappa shape index (κ1) is 25.7. The number of rotatable bonds is 6. The highest BCUT2D eigenvalue weighted by molar-refractivity contribution is 8.00. The summed E-state index contributed by atoms with van der Waals surface area (Å²) in [6, 6.07) is 14.0. The second kappa shape index (κ2) is 10.8. The Morgan fingerprint density at radius 3 is 2.38 bits per heavy atom. The lowest BCUT2D eigenvalue weighted by Gasteiger charge is -2.22. The molecule has 2 aromatic carbocycles. The maximum absolute atomic E-state index is 13.3. The lowest BCUT2D eigenvalue weighted by molar-refractivity contribution is -0.132. The summed E-state index contributed by atoms with van der Waals surface area (Å²) < 4.78 is 0.578. The van der Waals surface area contributed by atoms with E-state index < -0.39 is 17.7 Å². The average Bonchev–Trinajstić information content (AvgIpc) is 3.46. The summed E-state index contributed by atoms with van der Waals surface area (Å²) in [4.78, 5) is 31.8. The number of aliphatic hydroxyl groups excluding tert-OH is 1. The molecule has 2 aromatic heterocycles. The zero-order chi connectivity index (χ0) is 26.1. The quantitative estimate of drug-likeness (QED) is 0.0867. The van der Waals surface area contributed by atoms with Crippen LogP contribution >= 0.6 is 57.9 Å².